The molecule has 1 aliphatic heterocycles. The summed E-state index contributed by atoms with van der Waals surface area (Å²) in [5, 5.41) is 0. The van der Waals surface area contributed by atoms with Crippen LogP contribution in [0, 0.1) is 6.92 Å². The molecule has 0 amide bonds. The van der Waals surface area contributed by atoms with Crippen LogP contribution in [-0.2, 0) is 32.2 Å². The number of rotatable bonds is 12. The van der Waals surface area contributed by atoms with E-state index in [0.29, 0.717) is 48.0 Å². The minimum absolute atomic E-state index is 0.0734. The zero-order valence-electron chi connectivity index (χ0n) is 23.8. The predicted molar refractivity (Wildman–Crippen MR) is 163 cm³/mol. The quantitative estimate of drug-likeness (QED) is 0.0962. The molecule has 0 bridgehead atoms. The number of allylic oxidation sites excluding steroid dienone is 2. The zero-order valence-corrected chi connectivity index (χ0v) is 25.4. The molecule has 0 saturated heterocycles. The molecule has 226 valence electrons. The summed E-state index contributed by atoms with van der Waals surface area (Å²) in [6.07, 6.45) is 4.77. The molecule has 3 aromatic carbocycles. The Morgan fingerprint density at radius 1 is 1.12 bits per heavy atom. The minimum atomic E-state index is -4.48. The van der Waals surface area contributed by atoms with Crippen molar-refractivity contribution in [2.45, 2.75) is 33.2 Å². The van der Waals surface area contributed by atoms with Gasteiger partial charge >= 0.3 is 17.3 Å². The van der Waals surface area contributed by atoms with Crippen molar-refractivity contribution in [3.05, 3.63) is 95.7 Å². The summed E-state index contributed by atoms with van der Waals surface area (Å²) >= 11 is -2.33. The number of nitrogens with zero attached hydrogens (tertiary/aromatic N) is 2. The summed E-state index contributed by atoms with van der Waals surface area (Å²) in [5.41, 5.74) is 5.91. The number of ether oxygens (including phenoxy) is 1. The van der Waals surface area contributed by atoms with Crippen molar-refractivity contribution in [1.29, 1.82) is 0 Å². The normalized spacial score (nSPS) is 15.2. The van der Waals surface area contributed by atoms with Crippen LogP contribution < -0.4 is 14.2 Å². The van der Waals surface area contributed by atoms with Gasteiger partial charge in [-0.05, 0) is 60.2 Å². The van der Waals surface area contributed by atoms with Crippen LogP contribution in [0.3, 0.4) is 0 Å². The number of aromatic nitrogens is 1. The van der Waals surface area contributed by atoms with E-state index in [0.717, 1.165) is 28.0 Å². The van der Waals surface area contributed by atoms with E-state index in [1.54, 1.807) is 4.57 Å². The number of fused-ring (bicyclic) bond motifs is 2. The van der Waals surface area contributed by atoms with Gasteiger partial charge in [-0.2, -0.15) is 8.78 Å². The van der Waals surface area contributed by atoms with Gasteiger partial charge in [-0.3, -0.25) is 8.74 Å². The summed E-state index contributed by atoms with van der Waals surface area (Å²) in [7, 11) is -4.48. The Labute approximate surface area is 253 Å². The second kappa shape index (κ2) is 13.2. The van der Waals surface area contributed by atoms with Crippen LogP contribution in [0.25, 0.3) is 28.3 Å². The molecule has 10 nitrogen and oxygen atoms in total. The van der Waals surface area contributed by atoms with Crippen molar-refractivity contribution < 1.29 is 39.6 Å². The average molecular weight is 625 g/mol. The first-order valence-corrected chi connectivity index (χ1v) is 16.4. The lowest BCUT2D eigenvalue weighted by atomic mass is 10.1. The molecule has 0 aliphatic carbocycles. The molecule has 1 aromatic heterocycles. The Morgan fingerprint density at radius 2 is 1.91 bits per heavy atom. The highest BCUT2D eigenvalue weighted by molar-refractivity contribution is 7.85. The standard InChI is InChI=1S/C31H32N2O8S2/c1-3-23(19-30-32(14-7-16-39-42(34)35)26-18-22(2)10-12-28(26)40-30)20-31-33(15-17-43(36,37)38)27-21-25(11-13-29(27)41-31)24-8-5-4-6-9-24/h4-6,8-13,18-21H,3,7,14-17H2,1-2H3,(H-,34,35,36,37,38). The molecule has 1 aliphatic rings. The molecule has 2 heterocycles. The highest BCUT2D eigenvalue weighted by Crippen LogP contribution is 2.40. The lowest BCUT2D eigenvalue weighted by Gasteiger charge is -2.18. The van der Waals surface area contributed by atoms with Crippen molar-refractivity contribution in [2.24, 2.45) is 0 Å². The lowest BCUT2D eigenvalue weighted by Crippen LogP contribution is -2.38. The van der Waals surface area contributed by atoms with Crippen LogP contribution in [0.4, 0.5) is 5.69 Å². The largest absolute Gasteiger partial charge is 0.748 e. The first-order valence-electron chi connectivity index (χ1n) is 13.8. The van der Waals surface area contributed by atoms with E-state index in [2.05, 4.69) is 0 Å². The molecule has 0 spiro atoms. The van der Waals surface area contributed by atoms with E-state index < -0.39 is 27.2 Å². The molecule has 0 fully saturated rings. The summed E-state index contributed by atoms with van der Waals surface area (Å²) < 4.78 is 73.6. The van der Waals surface area contributed by atoms with Gasteiger partial charge in [0.25, 0.3) is 5.52 Å². The van der Waals surface area contributed by atoms with Crippen LogP contribution in [0.15, 0.2) is 88.7 Å². The van der Waals surface area contributed by atoms with E-state index in [4.69, 9.17) is 17.9 Å². The molecule has 1 atom stereocenters. The van der Waals surface area contributed by atoms with Crippen LogP contribution in [0.2, 0.25) is 0 Å². The van der Waals surface area contributed by atoms with Gasteiger partial charge in [0.15, 0.2) is 12.3 Å². The van der Waals surface area contributed by atoms with Gasteiger partial charge in [0.05, 0.1) is 24.1 Å². The van der Waals surface area contributed by atoms with Gasteiger partial charge in [-0.1, -0.05) is 49.4 Å². The SMILES string of the molecule is CCC(=Cc1oc2ccc(-c3ccccc3)cc2[n+]1CCS(=O)(=O)[O-])C=C1Oc2ccc(C)cc2N1CCCOS(=O)O. The van der Waals surface area contributed by atoms with Crippen LogP contribution in [-0.4, -0.2) is 40.6 Å². The van der Waals surface area contributed by atoms with E-state index in [-0.39, 0.29) is 13.2 Å². The fraction of sp³-hybridized carbons (Fsp3) is 0.258. The first-order chi connectivity index (χ1) is 20.6. The third-order valence-electron chi connectivity index (χ3n) is 7.02. The summed E-state index contributed by atoms with van der Waals surface area (Å²) in [4.78, 5) is 1.98. The van der Waals surface area contributed by atoms with Crippen molar-refractivity contribution in [2.75, 3.05) is 23.8 Å². The van der Waals surface area contributed by atoms with E-state index in [9.17, 15) is 17.2 Å². The molecule has 12 heteroatoms. The molecule has 4 aromatic rings. The van der Waals surface area contributed by atoms with E-state index in [1.165, 1.54) is 0 Å². The Kier molecular flexibility index (Phi) is 9.43. The maximum Gasteiger partial charge on any atom is 0.374 e. The fourth-order valence-corrected chi connectivity index (χ4v) is 5.58. The van der Waals surface area contributed by atoms with Crippen molar-refractivity contribution in [1.82, 2.24) is 0 Å². The number of benzene rings is 3. The molecule has 5 rings (SSSR count). The Balaban J connectivity index is 1.53. The Bertz CT molecular complexity index is 1810. The third-order valence-corrected chi connectivity index (χ3v) is 8.08. The minimum Gasteiger partial charge on any atom is -0.748 e. The second-order valence-corrected chi connectivity index (χ2v) is 12.3. The summed E-state index contributed by atoms with van der Waals surface area (Å²) in [5.74, 6) is 1.06. The summed E-state index contributed by atoms with van der Waals surface area (Å²) in [6, 6.07) is 21.3. The van der Waals surface area contributed by atoms with Gasteiger partial charge in [0.1, 0.15) is 10.1 Å². The Hall–Kier alpha value is -3.81. The van der Waals surface area contributed by atoms with Gasteiger partial charge in [0, 0.05) is 18.7 Å². The number of hydrogen-bond acceptors (Lipinski definition) is 8. The molecular formula is C31H32N2O8S2. The smallest absolute Gasteiger partial charge is 0.374 e. The molecule has 0 radical (unpaired) electrons. The maximum absolute atomic E-state index is 11.6. The van der Waals surface area contributed by atoms with Gasteiger partial charge in [-0.25, -0.2) is 8.42 Å². The van der Waals surface area contributed by atoms with E-state index in [1.807, 2.05) is 97.6 Å². The van der Waals surface area contributed by atoms with Crippen LogP contribution in [0.5, 0.6) is 5.75 Å². The number of anilines is 1. The first kappa shape index (κ1) is 30.6. The average Bonchev–Trinajstić information content (AvgIpc) is 3.49. The molecule has 1 N–H and O–H groups in total. The maximum atomic E-state index is 11.6. The van der Waals surface area contributed by atoms with Crippen LogP contribution >= 0.6 is 0 Å². The van der Waals surface area contributed by atoms with E-state index >= 15 is 0 Å². The number of oxazole rings is 1. The summed E-state index contributed by atoms with van der Waals surface area (Å²) in [6.45, 7) is 4.46. The molecule has 0 saturated carbocycles. The highest BCUT2D eigenvalue weighted by Gasteiger charge is 2.27. The zero-order chi connectivity index (χ0) is 30.6. The van der Waals surface area contributed by atoms with Crippen molar-refractivity contribution in [3.63, 3.8) is 0 Å². The molecule has 43 heavy (non-hydrogen) atoms. The van der Waals surface area contributed by atoms with Crippen molar-refractivity contribution in [3.8, 4) is 16.9 Å². The number of aryl methyl sites for hydroxylation is 2. The monoisotopic (exact) mass is 624 g/mol. The molecule has 1 unspecified atom stereocenters. The third kappa shape index (κ3) is 7.59. The van der Waals surface area contributed by atoms with Crippen molar-refractivity contribution >= 4 is 44.3 Å². The fourth-order valence-electron chi connectivity index (χ4n) is 4.92. The predicted octanol–water partition coefficient (Wildman–Crippen LogP) is 5.32. The van der Waals surface area contributed by atoms with Crippen LogP contribution in [0.1, 0.15) is 31.2 Å². The lowest BCUT2D eigenvalue weighted by molar-refractivity contribution is -0.673. The Morgan fingerprint density at radius 3 is 2.63 bits per heavy atom. The topological polar surface area (TPSA) is 133 Å². The highest BCUT2D eigenvalue weighted by atomic mass is 32.2. The van der Waals surface area contributed by atoms with Gasteiger partial charge in [-0.15, -0.1) is 0 Å². The number of hydrogen-bond donors (Lipinski definition) is 1. The second-order valence-electron chi connectivity index (χ2n) is 10.1. The van der Waals surface area contributed by atoms with Gasteiger partial charge < -0.3 is 18.6 Å². The molecular weight excluding hydrogens is 592 g/mol. The van der Waals surface area contributed by atoms with Gasteiger partial charge in [0.2, 0.25) is 11.5 Å².